The van der Waals surface area contributed by atoms with E-state index < -0.39 is 17.4 Å². The van der Waals surface area contributed by atoms with Crippen molar-refractivity contribution in [3.63, 3.8) is 0 Å². The number of rotatable bonds is 4. The van der Waals surface area contributed by atoms with Crippen molar-refractivity contribution in [3.8, 4) is 17.2 Å². The lowest BCUT2D eigenvalue weighted by atomic mass is 9.98. The zero-order chi connectivity index (χ0) is 16.4. The highest BCUT2D eigenvalue weighted by atomic mass is 16.6. The second kappa shape index (κ2) is 5.96. The van der Waals surface area contributed by atoms with E-state index in [9.17, 15) is 14.7 Å². The molecule has 3 rings (SSSR count). The van der Waals surface area contributed by atoms with Gasteiger partial charge in [-0.05, 0) is 12.1 Å². The summed E-state index contributed by atoms with van der Waals surface area (Å²) in [5.41, 5.74) is -1.17. The number of hydrogen-bond acceptors (Lipinski definition) is 6. The van der Waals surface area contributed by atoms with E-state index in [0.29, 0.717) is 30.5 Å². The van der Waals surface area contributed by atoms with Crippen LogP contribution in [0, 0.1) is 0 Å². The summed E-state index contributed by atoms with van der Waals surface area (Å²) < 4.78 is 21.3. The molecule has 8 nitrogen and oxygen atoms in total. The number of amides is 1. The summed E-state index contributed by atoms with van der Waals surface area (Å²) in [6.07, 6.45) is 0.218. The number of aliphatic carboxylic acids is 1. The zero-order valence-corrected chi connectivity index (χ0v) is 12.6. The Morgan fingerprint density at radius 3 is 2.70 bits per heavy atom. The molecule has 0 radical (unpaired) electrons. The number of nitrogens with one attached hydrogen (secondary N) is 1. The number of carboxylic acid groups (broad SMARTS) is 1. The SMILES string of the molecule is COc1cc(C(=O)NC2(C(=O)O)CCOC2)cc2c1OCCO2. The first kappa shape index (κ1) is 15.4. The molecule has 0 bridgehead atoms. The van der Waals surface area contributed by atoms with Crippen LogP contribution in [0.3, 0.4) is 0 Å². The summed E-state index contributed by atoms with van der Waals surface area (Å²) in [4.78, 5) is 24.0. The van der Waals surface area contributed by atoms with Crippen LogP contribution in [0.1, 0.15) is 16.8 Å². The number of carboxylic acids is 1. The van der Waals surface area contributed by atoms with Crippen LogP contribution in [0.2, 0.25) is 0 Å². The maximum absolute atomic E-state index is 12.5. The molecule has 23 heavy (non-hydrogen) atoms. The minimum absolute atomic E-state index is 0.0598. The van der Waals surface area contributed by atoms with Gasteiger partial charge < -0.3 is 29.4 Å². The molecule has 0 aliphatic carbocycles. The highest BCUT2D eigenvalue weighted by Gasteiger charge is 2.44. The van der Waals surface area contributed by atoms with Gasteiger partial charge in [-0.15, -0.1) is 0 Å². The summed E-state index contributed by atoms with van der Waals surface area (Å²) in [7, 11) is 1.46. The first-order valence-corrected chi connectivity index (χ1v) is 7.17. The van der Waals surface area contributed by atoms with E-state index in [1.165, 1.54) is 19.2 Å². The lowest BCUT2D eigenvalue weighted by Gasteiger charge is -2.25. The summed E-state index contributed by atoms with van der Waals surface area (Å²) in [5, 5.41) is 11.9. The van der Waals surface area contributed by atoms with Crippen LogP contribution < -0.4 is 19.5 Å². The van der Waals surface area contributed by atoms with Crippen molar-refractivity contribution < 1.29 is 33.6 Å². The Kier molecular flexibility index (Phi) is 3.99. The molecule has 124 valence electrons. The van der Waals surface area contributed by atoms with Crippen molar-refractivity contribution in [2.24, 2.45) is 0 Å². The van der Waals surface area contributed by atoms with Gasteiger partial charge in [-0.1, -0.05) is 0 Å². The lowest BCUT2D eigenvalue weighted by molar-refractivity contribution is -0.144. The molecular weight excluding hydrogens is 306 g/mol. The van der Waals surface area contributed by atoms with E-state index in [0.717, 1.165) is 0 Å². The molecule has 0 spiro atoms. The number of carbonyl (C=O) groups excluding carboxylic acids is 1. The van der Waals surface area contributed by atoms with Crippen LogP contribution in [0.25, 0.3) is 0 Å². The highest BCUT2D eigenvalue weighted by molar-refractivity contribution is 5.99. The summed E-state index contributed by atoms with van der Waals surface area (Å²) >= 11 is 0. The lowest BCUT2D eigenvalue weighted by Crippen LogP contribution is -2.55. The minimum Gasteiger partial charge on any atom is -0.493 e. The topological polar surface area (TPSA) is 103 Å². The van der Waals surface area contributed by atoms with E-state index in [-0.39, 0.29) is 25.2 Å². The van der Waals surface area contributed by atoms with Gasteiger partial charge in [-0.2, -0.15) is 0 Å². The minimum atomic E-state index is -1.41. The van der Waals surface area contributed by atoms with Crippen molar-refractivity contribution >= 4 is 11.9 Å². The second-order valence-corrected chi connectivity index (χ2v) is 5.35. The van der Waals surface area contributed by atoms with Gasteiger partial charge in [0.05, 0.1) is 13.7 Å². The van der Waals surface area contributed by atoms with Crippen molar-refractivity contribution in [2.75, 3.05) is 33.5 Å². The summed E-state index contributed by atoms with van der Waals surface area (Å²) in [6.45, 7) is 0.995. The van der Waals surface area contributed by atoms with Gasteiger partial charge in [0.1, 0.15) is 13.2 Å². The molecule has 2 N–H and O–H groups in total. The molecule has 0 saturated carbocycles. The highest BCUT2D eigenvalue weighted by Crippen LogP contribution is 2.40. The fourth-order valence-electron chi connectivity index (χ4n) is 2.58. The Balaban J connectivity index is 1.89. The fourth-order valence-corrected chi connectivity index (χ4v) is 2.58. The van der Waals surface area contributed by atoms with E-state index in [1.807, 2.05) is 0 Å². The van der Waals surface area contributed by atoms with E-state index >= 15 is 0 Å². The number of fused-ring (bicyclic) bond motifs is 1. The summed E-state index contributed by atoms with van der Waals surface area (Å²) in [5.74, 6) is -0.458. The standard InChI is InChI=1S/C15H17NO7/c1-20-10-6-9(7-11-12(10)23-5-4-22-11)13(17)16-15(14(18)19)2-3-21-8-15/h6-7H,2-5,8H2,1H3,(H,16,17)(H,18,19). The Bertz CT molecular complexity index is 620. The molecule has 1 unspecified atom stereocenters. The van der Waals surface area contributed by atoms with Crippen LogP contribution in [-0.4, -0.2) is 56.1 Å². The third-order valence-corrected chi connectivity index (χ3v) is 3.87. The van der Waals surface area contributed by atoms with Crippen LogP contribution in [-0.2, 0) is 9.53 Å². The fraction of sp³-hybridized carbons (Fsp3) is 0.467. The van der Waals surface area contributed by atoms with Crippen molar-refractivity contribution in [2.45, 2.75) is 12.0 Å². The Labute approximate surface area is 132 Å². The molecule has 2 heterocycles. The quantitative estimate of drug-likeness (QED) is 0.828. The molecule has 0 aromatic heterocycles. The van der Waals surface area contributed by atoms with Crippen LogP contribution >= 0.6 is 0 Å². The van der Waals surface area contributed by atoms with Crippen LogP contribution in [0.5, 0.6) is 17.2 Å². The molecule has 2 aliphatic rings. The molecule has 1 saturated heterocycles. The summed E-state index contributed by atoms with van der Waals surface area (Å²) in [6, 6.07) is 3.01. The largest absolute Gasteiger partial charge is 0.493 e. The van der Waals surface area contributed by atoms with Gasteiger partial charge in [0, 0.05) is 18.6 Å². The predicted octanol–water partition coefficient (Wildman–Crippen LogP) is 0.440. The average molecular weight is 323 g/mol. The third kappa shape index (κ3) is 2.77. The third-order valence-electron chi connectivity index (χ3n) is 3.87. The van der Waals surface area contributed by atoms with Crippen molar-refractivity contribution in [3.05, 3.63) is 17.7 Å². The Morgan fingerprint density at radius 2 is 2.04 bits per heavy atom. The smallest absolute Gasteiger partial charge is 0.331 e. The van der Waals surface area contributed by atoms with Gasteiger partial charge in [0.2, 0.25) is 5.75 Å². The number of methoxy groups -OCH3 is 1. The van der Waals surface area contributed by atoms with Gasteiger partial charge in [-0.25, -0.2) is 4.79 Å². The van der Waals surface area contributed by atoms with E-state index in [4.69, 9.17) is 18.9 Å². The molecule has 1 atom stereocenters. The number of ether oxygens (including phenoxy) is 4. The zero-order valence-electron chi connectivity index (χ0n) is 12.6. The molecule has 1 aromatic carbocycles. The number of carbonyl (C=O) groups is 2. The molecule has 2 aliphatic heterocycles. The van der Waals surface area contributed by atoms with Crippen LogP contribution in [0.4, 0.5) is 0 Å². The van der Waals surface area contributed by atoms with Gasteiger partial charge in [0.15, 0.2) is 17.0 Å². The second-order valence-electron chi connectivity index (χ2n) is 5.35. The predicted molar refractivity (Wildman–Crippen MR) is 77.3 cm³/mol. The van der Waals surface area contributed by atoms with Crippen molar-refractivity contribution in [1.29, 1.82) is 0 Å². The first-order chi connectivity index (χ1) is 11.1. The normalized spacial score (nSPS) is 22.5. The maximum Gasteiger partial charge on any atom is 0.331 e. The molecule has 1 amide bonds. The molecule has 1 aromatic rings. The average Bonchev–Trinajstić information content (AvgIpc) is 3.03. The van der Waals surface area contributed by atoms with Gasteiger partial charge in [-0.3, -0.25) is 4.79 Å². The Hall–Kier alpha value is -2.48. The molecule has 1 fully saturated rings. The number of hydrogen-bond donors (Lipinski definition) is 2. The van der Waals surface area contributed by atoms with Crippen molar-refractivity contribution in [1.82, 2.24) is 5.32 Å². The van der Waals surface area contributed by atoms with E-state index in [1.54, 1.807) is 0 Å². The van der Waals surface area contributed by atoms with Gasteiger partial charge >= 0.3 is 5.97 Å². The first-order valence-electron chi connectivity index (χ1n) is 7.17. The van der Waals surface area contributed by atoms with E-state index in [2.05, 4.69) is 5.32 Å². The molecular formula is C15H17NO7. The monoisotopic (exact) mass is 323 g/mol. The Morgan fingerprint density at radius 1 is 1.26 bits per heavy atom. The van der Waals surface area contributed by atoms with Crippen LogP contribution in [0.15, 0.2) is 12.1 Å². The van der Waals surface area contributed by atoms with Gasteiger partial charge in [0.25, 0.3) is 5.91 Å². The molecule has 8 heteroatoms. The number of benzene rings is 1. The maximum atomic E-state index is 12.5.